The lowest BCUT2D eigenvalue weighted by molar-refractivity contribution is 0.401. The smallest absolute Gasteiger partial charge is 0.223 e. The van der Waals surface area contributed by atoms with Crippen molar-refractivity contribution in [2.75, 3.05) is 7.11 Å². The number of para-hydroxylation sites is 1. The molecule has 0 fully saturated rings. The molecule has 4 rings (SSSR count). The van der Waals surface area contributed by atoms with Crippen molar-refractivity contribution in [2.45, 2.75) is 19.3 Å². The summed E-state index contributed by atoms with van der Waals surface area (Å²) < 4.78 is 5.48. The number of benzene rings is 1. The molecule has 1 aliphatic rings. The molecule has 0 N–H and O–H groups in total. The van der Waals surface area contributed by atoms with Gasteiger partial charge in [0.25, 0.3) is 0 Å². The summed E-state index contributed by atoms with van der Waals surface area (Å²) in [7, 11) is 1.66. The number of aromatic nitrogens is 2. The van der Waals surface area contributed by atoms with Crippen molar-refractivity contribution in [1.29, 1.82) is 0 Å². The number of nitrogens with zero attached hydrogens (tertiary/aromatic N) is 2. The molecule has 2 heterocycles. The molecule has 0 atom stereocenters. The molecule has 1 aliphatic carbocycles. The molecule has 3 nitrogen and oxygen atoms in total. The van der Waals surface area contributed by atoms with Crippen LogP contribution in [0.1, 0.15) is 17.7 Å². The fourth-order valence-corrected chi connectivity index (χ4v) is 3.01. The minimum atomic E-state index is 0.638. The van der Waals surface area contributed by atoms with Crippen molar-refractivity contribution < 1.29 is 4.74 Å². The molecule has 3 aromatic rings. The lowest BCUT2D eigenvalue weighted by Crippen LogP contribution is -1.96. The Morgan fingerprint density at radius 3 is 2.81 bits per heavy atom. The molecule has 3 heteroatoms. The van der Waals surface area contributed by atoms with E-state index in [4.69, 9.17) is 9.72 Å². The van der Waals surface area contributed by atoms with Crippen LogP contribution >= 0.6 is 0 Å². The fourth-order valence-electron chi connectivity index (χ4n) is 3.01. The molecule has 0 aliphatic heterocycles. The van der Waals surface area contributed by atoms with E-state index in [1.54, 1.807) is 7.11 Å². The topological polar surface area (TPSA) is 35.0 Å². The standard InChI is InChI=1S/C18H16N2O/c1-21-18-14(11-13-5-2-3-7-16(13)20-18)17-10-9-12-6-4-8-15(12)19-17/h2-3,5,7,9-11H,4,6,8H2,1H3. The number of ether oxygens (including phenoxy) is 1. The van der Waals surface area contributed by atoms with Gasteiger partial charge in [-0.1, -0.05) is 24.3 Å². The van der Waals surface area contributed by atoms with E-state index in [0.29, 0.717) is 5.88 Å². The number of fused-ring (bicyclic) bond motifs is 2. The SMILES string of the molecule is COc1nc2ccccc2cc1-c1ccc2c(n1)CCC2. The van der Waals surface area contributed by atoms with Gasteiger partial charge in [-0.2, -0.15) is 0 Å². The molecule has 0 amide bonds. The minimum absolute atomic E-state index is 0.638. The minimum Gasteiger partial charge on any atom is -0.480 e. The van der Waals surface area contributed by atoms with Crippen molar-refractivity contribution in [1.82, 2.24) is 9.97 Å². The summed E-state index contributed by atoms with van der Waals surface area (Å²) in [6, 6.07) is 14.5. The predicted molar refractivity (Wildman–Crippen MR) is 83.6 cm³/mol. The second-order valence-electron chi connectivity index (χ2n) is 5.39. The third kappa shape index (κ3) is 2.05. The summed E-state index contributed by atoms with van der Waals surface area (Å²) >= 11 is 0. The normalized spacial score (nSPS) is 13.4. The van der Waals surface area contributed by atoms with Crippen LogP contribution in [0.2, 0.25) is 0 Å². The first-order valence-electron chi connectivity index (χ1n) is 7.28. The quantitative estimate of drug-likeness (QED) is 0.714. The van der Waals surface area contributed by atoms with Gasteiger partial charge in [-0.25, -0.2) is 4.98 Å². The van der Waals surface area contributed by atoms with Gasteiger partial charge >= 0.3 is 0 Å². The van der Waals surface area contributed by atoms with Crippen LogP contribution < -0.4 is 4.74 Å². The maximum absolute atomic E-state index is 5.48. The van der Waals surface area contributed by atoms with Crippen molar-refractivity contribution >= 4 is 10.9 Å². The van der Waals surface area contributed by atoms with E-state index in [2.05, 4.69) is 29.2 Å². The summed E-state index contributed by atoms with van der Waals surface area (Å²) in [5.41, 5.74) is 5.46. The van der Waals surface area contributed by atoms with Gasteiger partial charge in [-0.05, 0) is 43.0 Å². The van der Waals surface area contributed by atoms with E-state index in [9.17, 15) is 0 Å². The Kier molecular flexibility index (Phi) is 2.85. The summed E-state index contributed by atoms with van der Waals surface area (Å²) in [5.74, 6) is 0.638. The number of rotatable bonds is 2. The molecule has 0 saturated carbocycles. The van der Waals surface area contributed by atoms with Crippen molar-refractivity contribution in [2.24, 2.45) is 0 Å². The molecular weight excluding hydrogens is 260 g/mol. The first kappa shape index (κ1) is 12.3. The highest BCUT2D eigenvalue weighted by Gasteiger charge is 2.16. The third-order valence-electron chi connectivity index (χ3n) is 4.09. The maximum Gasteiger partial charge on any atom is 0.223 e. The number of methoxy groups -OCH3 is 1. The number of pyridine rings is 2. The molecule has 104 valence electrons. The fraction of sp³-hybridized carbons (Fsp3) is 0.222. The second kappa shape index (κ2) is 4.85. The van der Waals surface area contributed by atoms with Crippen LogP contribution in [0, 0.1) is 0 Å². The number of hydrogen-bond acceptors (Lipinski definition) is 3. The summed E-state index contributed by atoms with van der Waals surface area (Å²) in [6.07, 6.45) is 3.43. The van der Waals surface area contributed by atoms with Crippen LogP contribution in [0.15, 0.2) is 42.5 Å². The Labute approximate surface area is 123 Å². The van der Waals surface area contributed by atoms with Crippen LogP contribution in [0.25, 0.3) is 22.2 Å². The van der Waals surface area contributed by atoms with Gasteiger partial charge in [0.2, 0.25) is 5.88 Å². The molecule has 1 aromatic carbocycles. The highest BCUT2D eigenvalue weighted by Crippen LogP contribution is 2.32. The van der Waals surface area contributed by atoms with Gasteiger partial charge in [0.15, 0.2) is 0 Å². The van der Waals surface area contributed by atoms with Crippen molar-refractivity contribution in [3.05, 3.63) is 53.7 Å². The summed E-state index contributed by atoms with van der Waals surface area (Å²) in [5, 5.41) is 1.11. The molecule has 2 aromatic heterocycles. The lowest BCUT2D eigenvalue weighted by Gasteiger charge is -2.10. The van der Waals surface area contributed by atoms with Gasteiger partial charge in [0.1, 0.15) is 0 Å². The predicted octanol–water partition coefficient (Wildman–Crippen LogP) is 3.79. The molecule has 21 heavy (non-hydrogen) atoms. The van der Waals surface area contributed by atoms with E-state index in [0.717, 1.165) is 35.0 Å². The van der Waals surface area contributed by atoms with Crippen molar-refractivity contribution in [3.8, 4) is 17.1 Å². The van der Waals surface area contributed by atoms with Crippen LogP contribution in [-0.4, -0.2) is 17.1 Å². The van der Waals surface area contributed by atoms with Gasteiger partial charge in [0.05, 0.1) is 23.9 Å². The van der Waals surface area contributed by atoms with Gasteiger partial charge in [0, 0.05) is 11.1 Å². The highest BCUT2D eigenvalue weighted by atomic mass is 16.5. The Bertz CT molecular complexity index is 827. The monoisotopic (exact) mass is 276 g/mol. The van der Waals surface area contributed by atoms with Crippen LogP contribution in [0.5, 0.6) is 5.88 Å². The van der Waals surface area contributed by atoms with Crippen molar-refractivity contribution in [3.63, 3.8) is 0 Å². The Morgan fingerprint density at radius 2 is 1.90 bits per heavy atom. The average Bonchev–Trinajstić information content (AvgIpc) is 3.01. The lowest BCUT2D eigenvalue weighted by atomic mass is 10.1. The summed E-state index contributed by atoms with van der Waals surface area (Å²) in [4.78, 5) is 9.42. The molecule has 0 radical (unpaired) electrons. The number of hydrogen-bond donors (Lipinski definition) is 0. The van der Waals surface area contributed by atoms with E-state index in [-0.39, 0.29) is 0 Å². The Morgan fingerprint density at radius 1 is 1.00 bits per heavy atom. The number of aryl methyl sites for hydroxylation is 2. The van der Waals surface area contributed by atoms with E-state index in [1.165, 1.54) is 17.7 Å². The highest BCUT2D eigenvalue weighted by molar-refractivity contribution is 5.85. The largest absolute Gasteiger partial charge is 0.480 e. The average molecular weight is 276 g/mol. The molecule has 0 unspecified atom stereocenters. The van der Waals surface area contributed by atoms with Gasteiger partial charge < -0.3 is 4.74 Å². The molecule has 0 spiro atoms. The van der Waals surface area contributed by atoms with E-state index >= 15 is 0 Å². The first-order chi connectivity index (χ1) is 10.3. The summed E-state index contributed by atoms with van der Waals surface area (Å²) in [6.45, 7) is 0. The molecule has 0 saturated heterocycles. The first-order valence-corrected chi connectivity index (χ1v) is 7.28. The Hall–Kier alpha value is -2.42. The molecule has 0 bridgehead atoms. The third-order valence-corrected chi connectivity index (χ3v) is 4.09. The Balaban J connectivity index is 1.92. The van der Waals surface area contributed by atoms with Gasteiger partial charge in [-0.15, -0.1) is 0 Å². The second-order valence-corrected chi connectivity index (χ2v) is 5.39. The zero-order valence-corrected chi connectivity index (χ0v) is 12.0. The van der Waals surface area contributed by atoms with Crippen LogP contribution in [0.3, 0.4) is 0 Å². The van der Waals surface area contributed by atoms with E-state index in [1.807, 2.05) is 18.2 Å². The zero-order chi connectivity index (χ0) is 14.2. The van der Waals surface area contributed by atoms with Gasteiger partial charge in [-0.3, -0.25) is 4.98 Å². The maximum atomic E-state index is 5.48. The van der Waals surface area contributed by atoms with Crippen LogP contribution in [0.4, 0.5) is 0 Å². The zero-order valence-electron chi connectivity index (χ0n) is 12.0. The molecular formula is C18H16N2O. The van der Waals surface area contributed by atoms with E-state index < -0.39 is 0 Å². The van der Waals surface area contributed by atoms with Crippen LogP contribution in [-0.2, 0) is 12.8 Å².